The van der Waals surface area contributed by atoms with Gasteiger partial charge in [-0.3, -0.25) is 4.79 Å². The Morgan fingerprint density at radius 3 is 2.60 bits per heavy atom. The quantitative estimate of drug-likeness (QED) is 0.849. The van der Waals surface area contributed by atoms with Crippen molar-refractivity contribution in [1.29, 1.82) is 0 Å². The van der Waals surface area contributed by atoms with Crippen LogP contribution in [0, 0.1) is 6.92 Å². The minimum atomic E-state index is -4.86. The molecule has 0 atom stereocenters. The Kier molecular flexibility index (Phi) is 3.43. The summed E-state index contributed by atoms with van der Waals surface area (Å²) < 4.78 is 39.5. The van der Waals surface area contributed by atoms with Gasteiger partial charge < -0.3 is 9.72 Å². The maximum Gasteiger partial charge on any atom is 0.573 e. The lowest BCUT2D eigenvalue weighted by molar-refractivity contribution is -0.275. The molecule has 7 heteroatoms. The van der Waals surface area contributed by atoms with Crippen molar-refractivity contribution < 1.29 is 17.9 Å². The maximum absolute atomic E-state index is 12.0. The van der Waals surface area contributed by atoms with Crippen LogP contribution in [0.15, 0.2) is 11.0 Å². The highest BCUT2D eigenvalue weighted by atomic mass is 79.9. The summed E-state index contributed by atoms with van der Waals surface area (Å²) in [6.45, 7) is 1.33. The van der Waals surface area contributed by atoms with Gasteiger partial charge in [0.15, 0.2) is 5.75 Å². The molecule has 0 unspecified atom stereocenters. The van der Waals surface area contributed by atoms with Crippen molar-refractivity contribution in [1.82, 2.24) is 4.98 Å². The Bertz CT molecular complexity index is 413. The standard InChI is InChI=1S/C8H7BrF3NO2/c1-4-7(15-8(10,11)12)6(14)5(2-9)3-13-4/h3H,2H2,1H3,(H,13,14). The molecule has 0 aromatic carbocycles. The predicted octanol–water partition coefficient (Wildman–Crippen LogP) is 2.48. The number of pyridine rings is 1. The van der Waals surface area contributed by atoms with E-state index in [1.807, 2.05) is 0 Å². The summed E-state index contributed by atoms with van der Waals surface area (Å²) in [4.78, 5) is 14.0. The highest BCUT2D eigenvalue weighted by Crippen LogP contribution is 2.22. The van der Waals surface area contributed by atoms with E-state index in [2.05, 4.69) is 25.7 Å². The predicted molar refractivity (Wildman–Crippen MR) is 51.1 cm³/mol. The van der Waals surface area contributed by atoms with Crippen molar-refractivity contribution >= 4 is 15.9 Å². The molecule has 3 nitrogen and oxygen atoms in total. The average molecular weight is 286 g/mol. The van der Waals surface area contributed by atoms with Crippen molar-refractivity contribution in [2.24, 2.45) is 0 Å². The molecule has 1 heterocycles. The van der Waals surface area contributed by atoms with Gasteiger partial charge in [-0.2, -0.15) is 0 Å². The summed E-state index contributed by atoms with van der Waals surface area (Å²) in [6.07, 6.45) is -3.52. The molecule has 0 radical (unpaired) electrons. The van der Waals surface area contributed by atoms with Crippen molar-refractivity contribution in [3.8, 4) is 5.75 Å². The van der Waals surface area contributed by atoms with Crippen molar-refractivity contribution in [2.45, 2.75) is 18.6 Å². The third-order valence-corrected chi connectivity index (χ3v) is 2.27. The van der Waals surface area contributed by atoms with Crippen molar-refractivity contribution in [3.63, 3.8) is 0 Å². The number of aromatic amines is 1. The summed E-state index contributed by atoms with van der Waals surface area (Å²) in [6, 6.07) is 0. The SMILES string of the molecule is Cc1[nH]cc(CBr)c(=O)c1OC(F)(F)F. The summed E-state index contributed by atoms with van der Waals surface area (Å²) in [5.74, 6) is -0.709. The molecule has 1 rings (SSSR count). The first-order chi connectivity index (χ1) is 6.85. The molecule has 0 bridgehead atoms. The van der Waals surface area contributed by atoms with Crippen LogP contribution in [-0.2, 0) is 5.33 Å². The molecule has 0 spiro atoms. The lowest BCUT2D eigenvalue weighted by Crippen LogP contribution is -2.24. The molecule has 0 aliphatic carbocycles. The van der Waals surface area contributed by atoms with Crippen LogP contribution in [-0.4, -0.2) is 11.3 Å². The third-order valence-electron chi connectivity index (χ3n) is 1.66. The van der Waals surface area contributed by atoms with E-state index in [4.69, 9.17) is 0 Å². The zero-order valence-electron chi connectivity index (χ0n) is 7.61. The molecule has 0 fully saturated rings. The van der Waals surface area contributed by atoms with Crippen LogP contribution in [0.25, 0.3) is 0 Å². The highest BCUT2D eigenvalue weighted by Gasteiger charge is 2.33. The molecule has 1 aromatic heterocycles. The van der Waals surface area contributed by atoms with Gasteiger partial charge in [0, 0.05) is 17.1 Å². The fourth-order valence-corrected chi connectivity index (χ4v) is 1.40. The Morgan fingerprint density at radius 1 is 1.53 bits per heavy atom. The van der Waals surface area contributed by atoms with Crippen molar-refractivity contribution in [3.05, 3.63) is 27.7 Å². The Labute approximate surface area is 91.4 Å². The van der Waals surface area contributed by atoms with Crippen LogP contribution < -0.4 is 10.2 Å². The number of alkyl halides is 4. The van der Waals surface area contributed by atoms with E-state index in [-0.39, 0.29) is 16.6 Å². The number of halogens is 4. The largest absolute Gasteiger partial charge is 0.573 e. The maximum atomic E-state index is 12.0. The van der Waals surface area contributed by atoms with Crippen molar-refractivity contribution in [2.75, 3.05) is 0 Å². The summed E-state index contributed by atoms with van der Waals surface area (Å²) >= 11 is 2.99. The zero-order valence-corrected chi connectivity index (χ0v) is 9.20. The summed E-state index contributed by atoms with van der Waals surface area (Å²) in [7, 11) is 0. The third kappa shape index (κ3) is 2.98. The topological polar surface area (TPSA) is 42.1 Å². The van der Waals surface area contributed by atoms with E-state index >= 15 is 0 Å². The van der Waals surface area contributed by atoms with E-state index in [1.165, 1.54) is 13.1 Å². The Balaban J connectivity index is 3.22. The van der Waals surface area contributed by atoms with E-state index < -0.39 is 17.5 Å². The van der Waals surface area contributed by atoms with Gasteiger partial charge in [0.1, 0.15) is 0 Å². The number of H-pyrrole nitrogens is 1. The van der Waals surface area contributed by atoms with Crippen LogP contribution in [0.4, 0.5) is 13.2 Å². The van der Waals surface area contributed by atoms with Gasteiger partial charge in [-0.05, 0) is 6.92 Å². The molecule has 0 aliphatic rings. The van der Waals surface area contributed by atoms with E-state index in [9.17, 15) is 18.0 Å². The van der Waals surface area contributed by atoms with Gasteiger partial charge in [-0.15, -0.1) is 13.2 Å². The number of aryl methyl sites for hydroxylation is 1. The van der Waals surface area contributed by atoms with Crippen LogP contribution in [0.2, 0.25) is 0 Å². The number of ether oxygens (including phenoxy) is 1. The molecule has 0 amide bonds. The van der Waals surface area contributed by atoms with Gasteiger partial charge in [-0.1, -0.05) is 15.9 Å². The Hall–Kier alpha value is -0.980. The van der Waals surface area contributed by atoms with Gasteiger partial charge in [0.25, 0.3) is 0 Å². The van der Waals surface area contributed by atoms with E-state index in [1.54, 1.807) is 0 Å². The first kappa shape index (κ1) is 12.1. The lowest BCUT2D eigenvalue weighted by Gasteiger charge is -2.11. The lowest BCUT2D eigenvalue weighted by atomic mass is 10.2. The summed E-state index contributed by atoms with van der Waals surface area (Å²) in [5, 5.41) is 0.164. The minimum absolute atomic E-state index is 0.0435. The van der Waals surface area contributed by atoms with Crippen LogP contribution in [0.5, 0.6) is 5.75 Å². The van der Waals surface area contributed by atoms with Gasteiger partial charge in [0.05, 0.1) is 5.69 Å². The highest BCUT2D eigenvalue weighted by molar-refractivity contribution is 9.08. The number of aromatic nitrogens is 1. The molecule has 0 saturated carbocycles. The monoisotopic (exact) mass is 285 g/mol. The second-order valence-electron chi connectivity index (χ2n) is 2.78. The van der Waals surface area contributed by atoms with Gasteiger partial charge in [-0.25, -0.2) is 0 Å². The minimum Gasteiger partial charge on any atom is -0.400 e. The number of hydrogen-bond donors (Lipinski definition) is 1. The van der Waals surface area contributed by atoms with Crippen LogP contribution in [0.3, 0.4) is 0 Å². The number of nitrogens with one attached hydrogen (secondary N) is 1. The molecular weight excluding hydrogens is 279 g/mol. The smallest absolute Gasteiger partial charge is 0.400 e. The average Bonchev–Trinajstić information content (AvgIpc) is 2.11. The first-order valence-corrected chi connectivity index (χ1v) is 5.00. The molecule has 1 N–H and O–H groups in total. The molecule has 0 saturated heterocycles. The second-order valence-corrected chi connectivity index (χ2v) is 3.34. The number of hydrogen-bond acceptors (Lipinski definition) is 2. The van der Waals surface area contributed by atoms with Crippen LogP contribution >= 0.6 is 15.9 Å². The van der Waals surface area contributed by atoms with E-state index in [0.29, 0.717) is 0 Å². The molecule has 0 aliphatic heterocycles. The molecule has 1 aromatic rings. The fraction of sp³-hybridized carbons (Fsp3) is 0.375. The van der Waals surface area contributed by atoms with Crippen LogP contribution in [0.1, 0.15) is 11.3 Å². The molecular formula is C8H7BrF3NO2. The van der Waals surface area contributed by atoms with Gasteiger partial charge in [0.2, 0.25) is 5.43 Å². The second kappa shape index (κ2) is 4.26. The zero-order chi connectivity index (χ0) is 11.6. The molecule has 84 valence electrons. The Morgan fingerprint density at radius 2 is 2.13 bits per heavy atom. The molecule has 15 heavy (non-hydrogen) atoms. The normalized spacial score (nSPS) is 11.5. The fourth-order valence-electron chi connectivity index (χ4n) is 0.980. The first-order valence-electron chi connectivity index (χ1n) is 3.88. The number of rotatable bonds is 2. The van der Waals surface area contributed by atoms with Gasteiger partial charge >= 0.3 is 6.36 Å². The van der Waals surface area contributed by atoms with E-state index in [0.717, 1.165) is 0 Å². The summed E-state index contributed by atoms with van der Waals surface area (Å²) in [5.41, 5.74) is -0.540.